The second-order valence-electron chi connectivity index (χ2n) is 6.45. The molecular weight excluding hydrogens is 380 g/mol. The van der Waals surface area contributed by atoms with Gasteiger partial charge in [-0.3, -0.25) is 4.79 Å². The Morgan fingerprint density at radius 2 is 2.00 bits per heavy atom. The van der Waals surface area contributed by atoms with E-state index in [2.05, 4.69) is 9.97 Å². The Balaban J connectivity index is 1.67. The van der Waals surface area contributed by atoms with E-state index in [1.807, 2.05) is 13.8 Å². The summed E-state index contributed by atoms with van der Waals surface area (Å²) in [6.07, 6.45) is -0.849. The van der Waals surface area contributed by atoms with Gasteiger partial charge < -0.3 is 14.1 Å². The van der Waals surface area contributed by atoms with Crippen LogP contribution in [0.15, 0.2) is 44.3 Å². The highest BCUT2D eigenvalue weighted by atomic mass is 32.1. The van der Waals surface area contributed by atoms with E-state index in [-0.39, 0.29) is 16.9 Å². The number of esters is 1. The molecule has 4 rings (SSSR count). The Bertz CT molecular complexity index is 1350. The first-order valence-corrected chi connectivity index (χ1v) is 9.40. The van der Waals surface area contributed by atoms with Crippen LogP contribution >= 0.6 is 11.3 Å². The molecule has 0 radical (unpaired) electrons. The van der Waals surface area contributed by atoms with Crippen LogP contribution in [0.3, 0.4) is 0 Å². The van der Waals surface area contributed by atoms with E-state index in [1.165, 1.54) is 17.4 Å². The number of aromatic amines is 1. The number of hydrogen-bond donors (Lipinski definition) is 1. The highest BCUT2D eigenvalue weighted by Crippen LogP contribution is 2.27. The molecule has 0 aliphatic carbocycles. The zero-order valence-electron chi connectivity index (χ0n) is 15.4. The topological polar surface area (TPSA) is 102 Å². The minimum Gasteiger partial charge on any atom is -0.451 e. The summed E-state index contributed by atoms with van der Waals surface area (Å²) < 4.78 is 10.5. The van der Waals surface area contributed by atoms with Crippen LogP contribution in [-0.4, -0.2) is 15.9 Å². The van der Waals surface area contributed by atoms with Gasteiger partial charge in [0.2, 0.25) is 0 Å². The molecule has 3 aromatic heterocycles. The van der Waals surface area contributed by atoms with Crippen molar-refractivity contribution in [3.8, 4) is 0 Å². The number of para-hydroxylation sites is 1. The number of rotatable bonds is 3. The van der Waals surface area contributed by atoms with Gasteiger partial charge in [0.05, 0.1) is 5.39 Å². The molecule has 1 atom stereocenters. The van der Waals surface area contributed by atoms with E-state index >= 15 is 0 Å². The minimum absolute atomic E-state index is 0.211. The summed E-state index contributed by atoms with van der Waals surface area (Å²) in [6, 6.07) is 8.31. The van der Waals surface area contributed by atoms with Gasteiger partial charge in [-0.05, 0) is 38.5 Å². The van der Waals surface area contributed by atoms with Gasteiger partial charge in [-0.2, -0.15) is 0 Å². The van der Waals surface area contributed by atoms with Gasteiger partial charge in [-0.25, -0.2) is 14.6 Å². The molecule has 3 heterocycles. The molecule has 1 N–H and O–H groups in total. The van der Waals surface area contributed by atoms with E-state index in [0.717, 1.165) is 10.4 Å². The van der Waals surface area contributed by atoms with E-state index in [0.29, 0.717) is 21.2 Å². The van der Waals surface area contributed by atoms with E-state index in [1.54, 1.807) is 31.2 Å². The third kappa shape index (κ3) is 3.01. The number of thiophene rings is 1. The van der Waals surface area contributed by atoms with E-state index in [9.17, 15) is 14.4 Å². The van der Waals surface area contributed by atoms with Crippen molar-refractivity contribution in [1.82, 2.24) is 9.97 Å². The standard InChI is InChI=1S/C20H16N2O5S/c1-9-11(3)28-18-15(9)17(23)21-16(22-18)10(2)26-19(24)13-8-12-6-4-5-7-14(12)27-20(13)25/h4-8,10H,1-3H3,(H,21,22,23)/t10-/m0/s1. The fourth-order valence-corrected chi connectivity index (χ4v) is 3.98. The number of nitrogens with one attached hydrogen (secondary N) is 1. The molecule has 0 amide bonds. The van der Waals surface area contributed by atoms with Crippen LogP contribution in [0.2, 0.25) is 0 Å². The minimum atomic E-state index is -0.849. The maximum absolute atomic E-state index is 12.5. The van der Waals surface area contributed by atoms with Gasteiger partial charge in [0.1, 0.15) is 16.0 Å². The molecule has 0 saturated carbocycles. The van der Waals surface area contributed by atoms with Gasteiger partial charge >= 0.3 is 11.6 Å². The third-order valence-electron chi connectivity index (χ3n) is 4.59. The molecule has 0 unspecified atom stereocenters. The van der Waals surface area contributed by atoms with Crippen molar-refractivity contribution in [1.29, 1.82) is 0 Å². The Morgan fingerprint density at radius 1 is 1.25 bits per heavy atom. The number of carbonyl (C=O) groups excluding carboxylic acids is 1. The van der Waals surface area contributed by atoms with Gasteiger partial charge in [0, 0.05) is 10.3 Å². The Kier molecular flexibility index (Phi) is 4.35. The van der Waals surface area contributed by atoms with Gasteiger partial charge in [-0.15, -0.1) is 11.3 Å². The molecule has 0 aliphatic heterocycles. The largest absolute Gasteiger partial charge is 0.451 e. The van der Waals surface area contributed by atoms with Crippen molar-refractivity contribution in [3.63, 3.8) is 0 Å². The SMILES string of the molecule is Cc1sc2nc([C@H](C)OC(=O)c3cc4ccccc4oc3=O)[nH]c(=O)c2c1C. The first-order chi connectivity index (χ1) is 13.3. The number of fused-ring (bicyclic) bond motifs is 2. The summed E-state index contributed by atoms with van der Waals surface area (Å²) in [5.41, 5.74) is -0.000215. The van der Waals surface area contributed by atoms with Crippen LogP contribution in [0.1, 0.15) is 39.7 Å². The molecule has 1 aromatic carbocycles. The lowest BCUT2D eigenvalue weighted by atomic mass is 10.2. The Labute approximate surface area is 162 Å². The molecule has 0 saturated heterocycles. The average Bonchev–Trinajstić information content (AvgIpc) is 2.95. The quantitative estimate of drug-likeness (QED) is 0.419. The fourth-order valence-electron chi connectivity index (χ4n) is 2.95. The van der Waals surface area contributed by atoms with Crippen LogP contribution in [0.25, 0.3) is 21.2 Å². The first-order valence-electron chi connectivity index (χ1n) is 8.59. The fraction of sp³-hybridized carbons (Fsp3) is 0.200. The lowest BCUT2D eigenvalue weighted by Crippen LogP contribution is -2.20. The summed E-state index contributed by atoms with van der Waals surface area (Å²) >= 11 is 1.41. The predicted octanol–water partition coefficient (Wildman–Crippen LogP) is 3.63. The monoisotopic (exact) mass is 396 g/mol. The summed E-state index contributed by atoms with van der Waals surface area (Å²) in [5.74, 6) is -0.620. The number of H-pyrrole nitrogens is 1. The van der Waals surface area contributed by atoms with Gasteiger partial charge in [0.25, 0.3) is 5.56 Å². The molecule has 8 heteroatoms. The lowest BCUT2D eigenvalue weighted by Gasteiger charge is -2.12. The molecule has 7 nitrogen and oxygen atoms in total. The van der Waals surface area contributed by atoms with Crippen LogP contribution in [0.5, 0.6) is 0 Å². The number of nitrogens with zero attached hydrogens (tertiary/aromatic N) is 1. The molecule has 28 heavy (non-hydrogen) atoms. The van der Waals surface area contributed by atoms with Crippen LogP contribution in [-0.2, 0) is 4.74 Å². The Morgan fingerprint density at radius 3 is 2.79 bits per heavy atom. The highest BCUT2D eigenvalue weighted by molar-refractivity contribution is 7.18. The molecule has 4 aromatic rings. The number of ether oxygens (including phenoxy) is 1. The van der Waals surface area contributed by atoms with Crippen molar-refractivity contribution >= 4 is 38.5 Å². The maximum atomic E-state index is 12.5. The predicted molar refractivity (Wildman–Crippen MR) is 106 cm³/mol. The van der Waals surface area contributed by atoms with Crippen molar-refractivity contribution in [2.24, 2.45) is 0 Å². The molecule has 0 bridgehead atoms. The van der Waals surface area contributed by atoms with Crippen molar-refractivity contribution in [2.45, 2.75) is 26.9 Å². The smallest absolute Gasteiger partial charge is 0.351 e. The zero-order chi connectivity index (χ0) is 20.0. The van der Waals surface area contributed by atoms with Crippen LogP contribution in [0, 0.1) is 13.8 Å². The second-order valence-corrected chi connectivity index (χ2v) is 7.65. The first kappa shape index (κ1) is 18.1. The number of hydrogen-bond acceptors (Lipinski definition) is 7. The van der Waals surface area contributed by atoms with Crippen LogP contribution in [0.4, 0.5) is 0 Å². The highest BCUT2D eigenvalue weighted by Gasteiger charge is 2.21. The molecule has 0 aliphatic rings. The molecule has 142 valence electrons. The van der Waals surface area contributed by atoms with Crippen molar-refractivity contribution in [3.05, 3.63) is 72.9 Å². The molecule has 0 spiro atoms. The molecule has 0 fully saturated rings. The summed E-state index contributed by atoms with van der Waals surface area (Å²) in [6.45, 7) is 5.37. The number of aryl methyl sites for hydroxylation is 2. The number of aromatic nitrogens is 2. The summed E-state index contributed by atoms with van der Waals surface area (Å²) in [5, 5.41) is 1.15. The van der Waals surface area contributed by atoms with Crippen molar-refractivity contribution in [2.75, 3.05) is 0 Å². The maximum Gasteiger partial charge on any atom is 0.351 e. The van der Waals surface area contributed by atoms with Crippen LogP contribution < -0.4 is 11.2 Å². The summed E-state index contributed by atoms with van der Waals surface area (Å²) in [4.78, 5) is 45.7. The molecular formula is C20H16N2O5S. The second kappa shape index (κ2) is 6.72. The lowest BCUT2D eigenvalue weighted by molar-refractivity contribution is 0.0315. The third-order valence-corrected chi connectivity index (χ3v) is 5.69. The van der Waals surface area contributed by atoms with E-state index < -0.39 is 17.7 Å². The van der Waals surface area contributed by atoms with Gasteiger partial charge in [0.15, 0.2) is 11.9 Å². The average molecular weight is 396 g/mol. The van der Waals surface area contributed by atoms with Crippen molar-refractivity contribution < 1.29 is 13.9 Å². The number of benzene rings is 1. The zero-order valence-corrected chi connectivity index (χ0v) is 16.2. The number of carbonyl (C=O) groups is 1. The summed E-state index contributed by atoms with van der Waals surface area (Å²) in [7, 11) is 0. The Hall–Kier alpha value is -3.26. The normalized spacial score (nSPS) is 12.4. The van der Waals surface area contributed by atoms with E-state index in [4.69, 9.17) is 9.15 Å². The van der Waals surface area contributed by atoms with Gasteiger partial charge in [-0.1, -0.05) is 18.2 Å².